The first-order chi connectivity index (χ1) is 25.0. The maximum Gasteiger partial charge on any atom is 0.470 e. The Balaban J connectivity index is 0.000000136. The summed E-state index contributed by atoms with van der Waals surface area (Å²) in [5.74, 6) is 3.69. The van der Waals surface area contributed by atoms with Gasteiger partial charge < -0.3 is 43.6 Å². The number of hydrogen-bond donors (Lipinski definition) is 5. The number of benzene rings is 2. The number of methoxy groups -OCH3 is 2. The molecule has 2 fully saturated rings. The zero-order chi connectivity index (χ0) is 37.8. The Morgan fingerprint density at radius 3 is 1.70 bits per heavy atom. The van der Waals surface area contributed by atoms with E-state index in [2.05, 4.69) is 48.2 Å². The second kappa shape index (κ2) is 12.8. The number of aliphatic hydroxyl groups is 1. The molecule has 4 heterocycles. The van der Waals surface area contributed by atoms with Crippen LogP contribution in [0.5, 0.6) is 23.0 Å². The van der Waals surface area contributed by atoms with Crippen LogP contribution in [0.4, 0.5) is 0 Å². The van der Waals surface area contributed by atoms with Gasteiger partial charge in [0.1, 0.15) is 24.4 Å². The first kappa shape index (κ1) is 36.9. The molecule has 5 N–H and O–H groups in total. The maximum atomic E-state index is 11.5. The van der Waals surface area contributed by atoms with Crippen LogP contribution in [0.25, 0.3) is 0 Å². The number of phosphoric ester groups is 1. The van der Waals surface area contributed by atoms with Crippen molar-refractivity contribution in [3.8, 4) is 23.0 Å². The lowest BCUT2D eigenvalue weighted by Gasteiger charge is -2.56. The summed E-state index contributed by atoms with van der Waals surface area (Å²) < 4.78 is 71.9. The van der Waals surface area contributed by atoms with Gasteiger partial charge in [-0.15, -0.1) is 0 Å². The minimum atomic E-state index is -4.67. The van der Waals surface area contributed by atoms with Crippen LogP contribution in [0, 0.1) is 11.8 Å². The van der Waals surface area contributed by atoms with Gasteiger partial charge in [0.05, 0.1) is 14.2 Å². The van der Waals surface area contributed by atoms with Crippen LogP contribution in [0.15, 0.2) is 48.6 Å². The summed E-state index contributed by atoms with van der Waals surface area (Å²) in [6.07, 6.45) is 9.91. The summed E-state index contributed by atoms with van der Waals surface area (Å²) >= 11 is 0. The first-order valence-electron chi connectivity index (χ1n) is 17.6. The molecule has 15 nitrogen and oxygen atoms in total. The second-order valence-electron chi connectivity index (χ2n) is 15.2. The third-order valence-corrected chi connectivity index (χ3v) is 13.5. The second-order valence-corrected chi connectivity index (χ2v) is 17.3. The molecule has 0 radical (unpaired) electrons. The van der Waals surface area contributed by atoms with Crippen molar-refractivity contribution in [1.29, 1.82) is 0 Å². The molecule has 2 saturated heterocycles. The summed E-state index contributed by atoms with van der Waals surface area (Å²) in [5, 5.41) is 10.6. The molecule has 10 rings (SSSR count). The number of piperidine rings is 2. The summed E-state index contributed by atoms with van der Waals surface area (Å²) in [4.78, 5) is 23.6. The number of hydrogen-bond acceptors (Lipinski definition) is 11. The average molecular weight is 777 g/mol. The predicted molar refractivity (Wildman–Crippen MR) is 190 cm³/mol. The fraction of sp³-hybridized carbons (Fsp3) is 0.556. The minimum Gasteiger partial charge on any atom is -0.493 e. The summed E-state index contributed by atoms with van der Waals surface area (Å²) in [7, 11) is -1.64. The van der Waals surface area contributed by atoms with Gasteiger partial charge >= 0.3 is 18.2 Å². The van der Waals surface area contributed by atoms with E-state index >= 15 is 0 Å². The third-order valence-electron chi connectivity index (χ3n) is 12.9. The quantitative estimate of drug-likeness (QED) is 0.172. The number of rotatable bonds is 4. The molecule has 10 atom stereocenters. The summed E-state index contributed by atoms with van der Waals surface area (Å²) in [6, 6.07) is 9.06. The normalized spacial score (nSPS) is 36.4. The molecule has 4 bridgehead atoms. The van der Waals surface area contributed by atoms with Gasteiger partial charge in [-0.2, -0.15) is 8.42 Å². The van der Waals surface area contributed by atoms with E-state index in [1.54, 1.807) is 20.3 Å². The Labute approximate surface area is 307 Å². The van der Waals surface area contributed by atoms with Gasteiger partial charge in [-0.25, -0.2) is 4.57 Å². The van der Waals surface area contributed by atoms with E-state index in [0.717, 1.165) is 55.8 Å². The summed E-state index contributed by atoms with van der Waals surface area (Å²) in [5.41, 5.74) is 4.66. The van der Waals surface area contributed by atoms with Gasteiger partial charge in [0, 0.05) is 45.9 Å². The van der Waals surface area contributed by atoms with Crippen LogP contribution >= 0.6 is 7.82 Å². The van der Waals surface area contributed by atoms with E-state index in [1.807, 2.05) is 18.2 Å². The molecule has 2 spiro atoms. The van der Waals surface area contributed by atoms with Crippen LogP contribution in [-0.2, 0) is 43.2 Å². The van der Waals surface area contributed by atoms with E-state index in [4.69, 9.17) is 41.0 Å². The lowest BCUT2D eigenvalue weighted by Crippen LogP contribution is -2.65. The number of ether oxygens (including phenoxy) is 4. The van der Waals surface area contributed by atoms with Crippen LogP contribution < -0.4 is 18.9 Å². The first-order valence-corrected chi connectivity index (χ1v) is 20.6. The van der Waals surface area contributed by atoms with E-state index in [-0.39, 0.29) is 22.9 Å². The van der Waals surface area contributed by atoms with Gasteiger partial charge in [-0.3, -0.25) is 13.6 Å². The molecule has 4 aliphatic carbocycles. The smallest absolute Gasteiger partial charge is 0.470 e. The van der Waals surface area contributed by atoms with Crippen molar-refractivity contribution < 1.29 is 60.5 Å². The van der Waals surface area contributed by atoms with Gasteiger partial charge in [0.25, 0.3) is 0 Å². The number of phosphoric acid groups is 1. The van der Waals surface area contributed by atoms with E-state index in [9.17, 15) is 19.5 Å². The average Bonchev–Trinajstić information content (AvgIpc) is 3.63. The van der Waals surface area contributed by atoms with Gasteiger partial charge in [0.15, 0.2) is 23.0 Å². The number of likely N-dealkylation sites (N-methyl/N-ethyl adjacent to an activating group) is 2. The Kier molecular flexibility index (Phi) is 8.90. The lowest BCUT2D eigenvalue weighted by molar-refractivity contribution is -0.0453. The highest BCUT2D eigenvalue weighted by atomic mass is 32.3. The predicted octanol–water partition coefficient (Wildman–Crippen LogP) is 2.47. The van der Waals surface area contributed by atoms with Crippen LogP contribution in [0.2, 0.25) is 0 Å². The van der Waals surface area contributed by atoms with Gasteiger partial charge in [0.2, 0.25) is 0 Å². The fourth-order valence-electron chi connectivity index (χ4n) is 11.0. The highest BCUT2D eigenvalue weighted by Gasteiger charge is 2.66. The largest absolute Gasteiger partial charge is 0.493 e. The van der Waals surface area contributed by atoms with Crippen LogP contribution in [0.1, 0.15) is 35.1 Å². The number of nitrogens with zero attached hydrogens (tertiary/aromatic N) is 2. The van der Waals surface area contributed by atoms with Crippen molar-refractivity contribution in [1.82, 2.24) is 9.80 Å². The molecule has 2 aromatic carbocycles. The van der Waals surface area contributed by atoms with E-state index in [0.29, 0.717) is 29.5 Å². The molecular formula is C36H45N2O13PS. The van der Waals surface area contributed by atoms with Crippen molar-refractivity contribution in [2.45, 2.75) is 73.0 Å². The molecule has 0 unspecified atom stereocenters. The van der Waals surface area contributed by atoms with Crippen molar-refractivity contribution >= 4 is 18.2 Å². The minimum absolute atomic E-state index is 0.0806. The van der Waals surface area contributed by atoms with Crippen molar-refractivity contribution in [2.75, 3.05) is 41.4 Å². The molecule has 2 aromatic rings. The molecular weight excluding hydrogens is 731 g/mol. The van der Waals surface area contributed by atoms with E-state index < -0.39 is 36.5 Å². The number of aliphatic hydroxyl groups excluding tert-OH is 1. The zero-order valence-corrected chi connectivity index (χ0v) is 31.4. The number of likely N-dealkylation sites (tertiary alicyclic amines) is 2. The fourth-order valence-corrected chi connectivity index (χ4v) is 11.5. The molecule has 8 aliphatic rings. The van der Waals surface area contributed by atoms with Crippen molar-refractivity contribution in [3.63, 3.8) is 0 Å². The van der Waals surface area contributed by atoms with E-state index in [1.165, 1.54) is 16.7 Å². The van der Waals surface area contributed by atoms with Gasteiger partial charge in [-0.05, 0) is 76.1 Å². The highest BCUT2D eigenvalue weighted by Crippen LogP contribution is 2.64. The SMILES string of the molecule is COc1ccc2c3c1O[C@H]1[C@@H](O)C=C[C@H]4[C@@H](C2)N(C)CC[C@@]341.COc1ccc2c3c1O[C@H]1[C@@H](OP(=O)(O)O)C=C[C@H]4[C@@H](C2)N(C)CC[C@@]341.O=S(=O)(O)O. The molecule has 0 amide bonds. The lowest BCUT2D eigenvalue weighted by atomic mass is 9.53. The van der Waals surface area contributed by atoms with Crippen LogP contribution in [-0.4, -0.2) is 120 Å². The molecule has 17 heteroatoms. The Morgan fingerprint density at radius 1 is 0.774 bits per heavy atom. The molecule has 0 aromatic heterocycles. The molecule has 288 valence electrons. The molecule has 53 heavy (non-hydrogen) atoms. The van der Waals surface area contributed by atoms with Crippen molar-refractivity contribution in [2.24, 2.45) is 11.8 Å². The molecule has 0 saturated carbocycles. The zero-order valence-electron chi connectivity index (χ0n) is 29.7. The van der Waals surface area contributed by atoms with Gasteiger partial charge in [-0.1, -0.05) is 36.4 Å². The van der Waals surface area contributed by atoms with Crippen LogP contribution in [0.3, 0.4) is 0 Å². The monoisotopic (exact) mass is 776 g/mol. The Morgan fingerprint density at radius 2 is 1.23 bits per heavy atom. The standard InChI is InChI=1S/C18H22NO6P.C18H21NO3.H2O4S/c1-19-8-7-18-11-4-6-14(25-26(20,21)22)17(18)24-16-13(23-2)5-3-10(15(16)18)9-12(11)19;1-19-8-7-18-11-4-5-13(20)17(18)22-16-14(21-2)6-3-10(15(16)18)9-12(11)19;1-5(2,3)4/h3-6,11-12,14,17H,7-9H2,1-2H3,(H2,20,21,22);3-6,11-13,17,20H,7-9H2,1-2H3;(H2,1,2,3,4)/t11-,12+,14-,17-,18-;11-,12+,13-,17-,18-;/m00./s1. The molecule has 4 aliphatic heterocycles. The topological polar surface area (TPSA) is 205 Å². The highest BCUT2D eigenvalue weighted by molar-refractivity contribution is 7.79. The summed E-state index contributed by atoms with van der Waals surface area (Å²) in [6.45, 7) is 1.96. The van der Waals surface area contributed by atoms with Crippen molar-refractivity contribution in [3.05, 3.63) is 70.8 Å². The third kappa shape index (κ3) is 5.68. The Hall–Kier alpha value is -3.02. The Bertz CT molecular complexity index is 2030. The maximum absolute atomic E-state index is 11.5.